The van der Waals surface area contributed by atoms with Crippen LogP contribution in [-0.2, 0) is 0 Å². The van der Waals surface area contributed by atoms with Gasteiger partial charge in [0.25, 0.3) is 5.69 Å². The minimum Gasteiger partial charge on any atom is -0.379 e. The van der Waals surface area contributed by atoms with Gasteiger partial charge in [0.15, 0.2) is 0 Å². The highest BCUT2D eigenvalue weighted by Gasteiger charge is 2.18. The van der Waals surface area contributed by atoms with E-state index in [1.807, 2.05) is 0 Å². The van der Waals surface area contributed by atoms with Gasteiger partial charge in [0, 0.05) is 32.2 Å². The Morgan fingerprint density at radius 2 is 2.05 bits per heavy atom. The normalized spacial score (nSPS) is 16.3. The van der Waals surface area contributed by atoms with Crippen molar-refractivity contribution < 1.29 is 4.92 Å². The van der Waals surface area contributed by atoms with Crippen LogP contribution in [0.25, 0.3) is 0 Å². The number of anilines is 1. The first-order valence-corrected chi connectivity index (χ1v) is 7.51. The maximum Gasteiger partial charge on any atom is 0.293 e. The molecule has 0 aliphatic carbocycles. The zero-order chi connectivity index (χ0) is 15.4. The second-order valence-corrected chi connectivity index (χ2v) is 5.97. The zero-order valence-electron chi connectivity index (χ0n) is 11.8. The van der Waals surface area contributed by atoms with E-state index < -0.39 is 4.92 Å². The van der Waals surface area contributed by atoms with Crippen molar-refractivity contribution in [2.24, 2.45) is 0 Å². The standard InChI is InChI=1S/C13H18Cl2N4O2/c1-17-5-6-18(9-17)4-2-3-16-12-7-10(14)11(15)8-13(12)19(20)21/h7-8,16H,2-6,9H2,1H3. The van der Waals surface area contributed by atoms with Crippen molar-refractivity contribution in [1.82, 2.24) is 9.80 Å². The molecule has 0 unspecified atom stereocenters. The minimum atomic E-state index is -0.458. The number of nitro groups is 1. The molecule has 1 fully saturated rings. The van der Waals surface area contributed by atoms with E-state index in [9.17, 15) is 10.1 Å². The molecule has 1 heterocycles. The van der Waals surface area contributed by atoms with E-state index in [2.05, 4.69) is 22.2 Å². The van der Waals surface area contributed by atoms with Crippen LogP contribution in [0.2, 0.25) is 10.0 Å². The summed E-state index contributed by atoms with van der Waals surface area (Å²) in [6.07, 6.45) is 0.908. The molecule has 6 nitrogen and oxygen atoms in total. The third-order valence-electron chi connectivity index (χ3n) is 3.44. The Balaban J connectivity index is 1.87. The van der Waals surface area contributed by atoms with Crippen molar-refractivity contribution in [3.63, 3.8) is 0 Å². The smallest absolute Gasteiger partial charge is 0.293 e. The summed E-state index contributed by atoms with van der Waals surface area (Å²) in [5.74, 6) is 0. The Hall–Kier alpha value is -1.08. The summed E-state index contributed by atoms with van der Waals surface area (Å²) >= 11 is 11.7. The summed E-state index contributed by atoms with van der Waals surface area (Å²) in [6, 6.07) is 2.79. The molecule has 1 aromatic rings. The number of likely N-dealkylation sites (N-methyl/N-ethyl adjacent to an activating group) is 1. The van der Waals surface area contributed by atoms with Gasteiger partial charge >= 0.3 is 0 Å². The fourth-order valence-corrected chi connectivity index (χ4v) is 2.65. The number of halogens is 2. The number of nitrogens with zero attached hydrogens (tertiary/aromatic N) is 3. The molecule has 0 radical (unpaired) electrons. The molecule has 1 saturated heterocycles. The lowest BCUT2D eigenvalue weighted by molar-refractivity contribution is -0.383. The van der Waals surface area contributed by atoms with Gasteiger partial charge in [0.2, 0.25) is 0 Å². The highest BCUT2D eigenvalue weighted by Crippen LogP contribution is 2.33. The molecule has 0 atom stereocenters. The Morgan fingerprint density at radius 3 is 2.67 bits per heavy atom. The molecule has 116 valence electrons. The zero-order valence-corrected chi connectivity index (χ0v) is 13.3. The van der Waals surface area contributed by atoms with Crippen LogP contribution < -0.4 is 5.32 Å². The molecular weight excluding hydrogens is 315 g/mol. The van der Waals surface area contributed by atoms with Crippen molar-refractivity contribution >= 4 is 34.6 Å². The van der Waals surface area contributed by atoms with Gasteiger partial charge in [-0.1, -0.05) is 23.2 Å². The number of hydrogen-bond donors (Lipinski definition) is 1. The van der Waals surface area contributed by atoms with Crippen molar-refractivity contribution in [3.05, 3.63) is 32.3 Å². The highest BCUT2D eigenvalue weighted by molar-refractivity contribution is 6.42. The third-order valence-corrected chi connectivity index (χ3v) is 4.16. The molecule has 1 aromatic carbocycles. The maximum absolute atomic E-state index is 11.0. The molecule has 8 heteroatoms. The number of nitro benzene ring substituents is 1. The Kier molecular flexibility index (Phi) is 5.64. The predicted molar refractivity (Wildman–Crippen MR) is 85.3 cm³/mol. The highest BCUT2D eigenvalue weighted by atomic mass is 35.5. The SMILES string of the molecule is CN1CCN(CCCNc2cc(Cl)c(Cl)cc2[N+](=O)[O-])C1. The second-order valence-electron chi connectivity index (χ2n) is 5.16. The van der Waals surface area contributed by atoms with E-state index in [0.717, 1.165) is 32.7 Å². The first-order valence-electron chi connectivity index (χ1n) is 6.75. The van der Waals surface area contributed by atoms with Crippen molar-refractivity contribution in [2.45, 2.75) is 6.42 Å². The first kappa shape index (κ1) is 16.3. The van der Waals surface area contributed by atoms with Gasteiger partial charge in [0.05, 0.1) is 21.6 Å². The number of benzene rings is 1. The molecule has 1 aliphatic rings. The minimum absolute atomic E-state index is 0.0506. The second kappa shape index (κ2) is 7.26. The third kappa shape index (κ3) is 4.44. The molecule has 1 aliphatic heterocycles. The van der Waals surface area contributed by atoms with Gasteiger partial charge in [-0.2, -0.15) is 0 Å². The summed E-state index contributed by atoms with van der Waals surface area (Å²) in [5, 5.41) is 14.6. The van der Waals surface area contributed by atoms with E-state index >= 15 is 0 Å². The van der Waals surface area contributed by atoms with Crippen molar-refractivity contribution in [3.8, 4) is 0 Å². The molecule has 0 saturated carbocycles. The van der Waals surface area contributed by atoms with Gasteiger partial charge in [-0.3, -0.25) is 19.9 Å². The summed E-state index contributed by atoms with van der Waals surface area (Å²) in [7, 11) is 2.09. The van der Waals surface area contributed by atoms with E-state index in [1.54, 1.807) is 0 Å². The van der Waals surface area contributed by atoms with Crippen molar-refractivity contribution in [1.29, 1.82) is 0 Å². The lowest BCUT2D eigenvalue weighted by Gasteiger charge is -2.15. The van der Waals surface area contributed by atoms with Crippen LogP contribution in [0.1, 0.15) is 6.42 Å². The fraction of sp³-hybridized carbons (Fsp3) is 0.538. The molecule has 2 rings (SSSR count). The van der Waals surface area contributed by atoms with Gasteiger partial charge in [-0.05, 0) is 19.5 Å². The fourth-order valence-electron chi connectivity index (χ4n) is 2.33. The monoisotopic (exact) mass is 332 g/mol. The van der Waals surface area contributed by atoms with Crippen LogP contribution in [0.15, 0.2) is 12.1 Å². The molecule has 1 N–H and O–H groups in total. The maximum atomic E-state index is 11.0. The van der Waals surface area contributed by atoms with Crippen LogP contribution in [0.4, 0.5) is 11.4 Å². The average Bonchev–Trinajstić information content (AvgIpc) is 2.83. The number of hydrogen-bond acceptors (Lipinski definition) is 5. The average molecular weight is 333 g/mol. The largest absolute Gasteiger partial charge is 0.379 e. The van der Waals surface area contributed by atoms with Crippen LogP contribution in [0.5, 0.6) is 0 Å². The van der Waals surface area contributed by atoms with E-state index in [4.69, 9.17) is 23.2 Å². The van der Waals surface area contributed by atoms with Crippen LogP contribution in [0, 0.1) is 10.1 Å². The Labute approximate surface area is 133 Å². The van der Waals surface area contributed by atoms with Crippen molar-refractivity contribution in [2.75, 3.05) is 45.2 Å². The molecule has 0 spiro atoms. The summed E-state index contributed by atoms with van der Waals surface area (Å²) in [4.78, 5) is 15.2. The number of nitrogens with one attached hydrogen (secondary N) is 1. The van der Waals surface area contributed by atoms with Gasteiger partial charge in [-0.25, -0.2) is 0 Å². The number of rotatable bonds is 6. The molecule has 0 amide bonds. The molecule has 0 aromatic heterocycles. The summed E-state index contributed by atoms with van der Waals surface area (Å²) < 4.78 is 0. The Morgan fingerprint density at radius 1 is 1.33 bits per heavy atom. The van der Waals surface area contributed by atoms with Gasteiger partial charge in [-0.15, -0.1) is 0 Å². The van der Waals surface area contributed by atoms with Crippen LogP contribution in [0.3, 0.4) is 0 Å². The van der Waals surface area contributed by atoms with E-state index in [-0.39, 0.29) is 10.7 Å². The molecule has 0 bridgehead atoms. The first-order chi connectivity index (χ1) is 9.97. The molecule has 21 heavy (non-hydrogen) atoms. The lowest BCUT2D eigenvalue weighted by atomic mass is 10.2. The lowest BCUT2D eigenvalue weighted by Crippen LogP contribution is -2.25. The van der Waals surface area contributed by atoms with Gasteiger partial charge in [0.1, 0.15) is 5.69 Å². The van der Waals surface area contributed by atoms with E-state index in [1.165, 1.54) is 12.1 Å². The molecular formula is C13H18Cl2N4O2. The summed E-state index contributed by atoms with van der Waals surface area (Å²) in [5.41, 5.74) is 0.359. The predicted octanol–water partition coefficient (Wildman–Crippen LogP) is 2.91. The van der Waals surface area contributed by atoms with Crippen LogP contribution >= 0.6 is 23.2 Å². The van der Waals surface area contributed by atoms with Gasteiger partial charge < -0.3 is 5.32 Å². The van der Waals surface area contributed by atoms with Crippen LogP contribution in [-0.4, -0.2) is 54.6 Å². The quantitative estimate of drug-likeness (QED) is 0.493. The Bertz CT molecular complexity index is 527. The summed E-state index contributed by atoms with van der Waals surface area (Å²) in [6.45, 7) is 4.76. The van der Waals surface area contributed by atoms with E-state index in [0.29, 0.717) is 17.3 Å². The topological polar surface area (TPSA) is 61.6 Å².